The normalized spacial score (nSPS) is 11.2. The Kier molecular flexibility index (Phi) is 2.89. The van der Waals surface area contributed by atoms with E-state index in [-0.39, 0.29) is 11.0 Å². The number of imidazole rings is 1. The monoisotopic (exact) mass is 274 g/mol. The van der Waals surface area contributed by atoms with Crippen molar-refractivity contribution in [3.8, 4) is 5.69 Å². The van der Waals surface area contributed by atoms with Crippen LogP contribution in [-0.4, -0.2) is 9.55 Å². The number of H-pyrrole nitrogens is 1. The van der Waals surface area contributed by atoms with Gasteiger partial charge >= 0.3 is 5.69 Å². The molecular weight excluding hydrogens is 262 g/mol. The van der Waals surface area contributed by atoms with Crippen molar-refractivity contribution < 1.29 is 8.78 Å². The topological polar surface area (TPSA) is 37.8 Å². The molecule has 0 fully saturated rings. The zero-order valence-corrected chi connectivity index (χ0v) is 10.8. The Bertz CT molecular complexity index is 849. The van der Waals surface area contributed by atoms with Crippen molar-refractivity contribution in [2.45, 2.75) is 13.3 Å². The molecule has 5 heteroatoms. The fourth-order valence-corrected chi connectivity index (χ4v) is 2.39. The highest BCUT2D eigenvalue weighted by molar-refractivity contribution is 5.78. The first-order chi connectivity index (χ1) is 9.63. The average Bonchev–Trinajstić information content (AvgIpc) is 2.80. The third kappa shape index (κ3) is 1.74. The smallest absolute Gasteiger partial charge is 0.305 e. The molecule has 3 aromatic rings. The molecule has 1 aromatic heterocycles. The highest BCUT2D eigenvalue weighted by Gasteiger charge is 2.17. The standard InChI is InChI=1S/C15H12F2N2O/c1-2-9-5-3-4-6-12(9)19-14-11(18-15(19)20)8-7-10(16)13(14)17/h3-8H,2H2,1H3,(H,18,20). The Morgan fingerprint density at radius 3 is 2.65 bits per heavy atom. The maximum atomic E-state index is 14.0. The lowest BCUT2D eigenvalue weighted by Crippen LogP contribution is -2.16. The molecule has 1 heterocycles. The number of halogens is 2. The number of benzene rings is 2. The number of fused-ring (bicyclic) bond motifs is 1. The first-order valence-corrected chi connectivity index (χ1v) is 6.30. The van der Waals surface area contributed by atoms with Crippen LogP contribution in [0.15, 0.2) is 41.2 Å². The summed E-state index contributed by atoms with van der Waals surface area (Å²) in [4.78, 5) is 14.6. The third-order valence-electron chi connectivity index (χ3n) is 3.35. The summed E-state index contributed by atoms with van der Waals surface area (Å²) in [5, 5.41) is 0. The number of aromatic nitrogens is 2. The molecule has 3 nitrogen and oxygen atoms in total. The van der Waals surface area contributed by atoms with Gasteiger partial charge in [-0.05, 0) is 30.2 Å². The second kappa shape index (κ2) is 4.59. The van der Waals surface area contributed by atoms with E-state index in [1.807, 2.05) is 19.1 Å². The van der Waals surface area contributed by atoms with Crippen LogP contribution in [0, 0.1) is 11.6 Å². The number of hydrogen-bond donors (Lipinski definition) is 1. The molecule has 3 rings (SSSR count). The van der Waals surface area contributed by atoms with Gasteiger partial charge in [-0.15, -0.1) is 0 Å². The zero-order chi connectivity index (χ0) is 14.3. The van der Waals surface area contributed by atoms with E-state index in [9.17, 15) is 13.6 Å². The summed E-state index contributed by atoms with van der Waals surface area (Å²) in [7, 11) is 0. The molecule has 0 aliphatic heterocycles. The fraction of sp³-hybridized carbons (Fsp3) is 0.133. The van der Waals surface area contributed by atoms with Crippen LogP contribution in [0.5, 0.6) is 0 Å². The van der Waals surface area contributed by atoms with Gasteiger partial charge in [-0.3, -0.25) is 4.57 Å². The van der Waals surface area contributed by atoms with E-state index in [1.54, 1.807) is 12.1 Å². The Morgan fingerprint density at radius 1 is 1.15 bits per heavy atom. The third-order valence-corrected chi connectivity index (χ3v) is 3.35. The van der Waals surface area contributed by atoms with Crippen molar-refractivity contribution >= 4 is 11.0 Å². The van der Waals surface area contributed by atoms with Crippen LogP contribution in [0.3, 0.4) is 0 Å². The van der Waals surface area contributed by atoms with E-state index in [2.05, 4.69) is 4.98 Å². The minimum absolute atomic E-state index is 0.0594. The van der Waals surface area contributed by atoms with Gasteiger partial charge in [0, 0.05) is 0 Å². The van der Waals surface area contributed by atoms with Crippen LogP contribution in [0.2, 0.25) is 0 Å². The van der Waals surface area contributed by atoms with Crippen LogP contribution in [0.4, 0.5) is 8.78 Å². The summed E-state index contributed by atoms with van der Waals surface area (Å²) >= 11 is 0. The van der Waals surface area contributed by atoms with Gasteiger partial charge in [0.1, 0.15) is 5.52 Å². The predicted octanol–water partition coefficient (Wildman–Crippen LogP) is 3.16. The molecule has 0 atom stereocenters. The summed E-state index contributed by atoms with van der Waals surface area (Å²) in [6.07, 6.45) is 0.687. The Hall–Kier alpha value is -2.43. The molecular formula is C15H12F2N2O. The van der Waals surface area contributed by atoms with E-state index in [0.29, 0.717) is 12.1 Å². The van der Waals surface area contributed by atoms with Crippen LogP contribution in [-0.2, 0) is 6.42 Å². The molecule has 0 saturated carbocycles. The van der Waals surface area contributed by atoms with Crippen molar-refractivity contribution in [1.82, 2.24) is 9.55 Å². The molecule has 0 amide bonds. The number of nitrogens with zero attached hydrogens (tertiary/aromatic N) is 1. The molecule has 20 heavy (non-hydrogen) atoms. The summed E-state index contributed by atoms with van der Waals surface area (Å²) in [6.45, 7) is 1.94. The van der Waals surface area contributed by atoms with Gasteiger partial charge < -0.3 is 4.98 Å². The van der Waals surface area contributed by atoms with E-state index in [0.717, 1.165) is 11.6 Å². The largest absolute Gasteiger partial charge is 0.331 e. The first kappa shape index (κ1) is 12.6. The van der Waals surface area contributed by atoms with Crippen LogP contribution in [0.1, 0.15) is 12.5 Å². The summed E-state index contributed by atoms with van der Waals surface area (Å²) in [5.74, 6) is -1.99. The Balaban J connectivity index is 2.45. The van der Waals surface area contributed by atoms with Crippen molar-refractivity contribution in [3.05, 3.63) is 64.1 Å². The molecule has 0 aliphatic carbocycles. The lowest BCUT2D eigenvalue weighted by molar-refractivity contribution is 0.514. The summed E-state index contributed by atoms with van der Waals surface area (Å²) in [5.41, 5.74) is 1.19. The second-order valence-electron chi connectivity index (χ2n) is 4.51. The molecule has 0 aliphatic rings. The van der Waals surface area contributed by atoms with Gasteiger partial charge in [-0.2, -0.15) is 0 Å². The fourth-order valence-electron chi connectivity index (χ4n) is 2.39. The van der Waals surface area contributed by atoms with Gasteiger partial charge in [0.05, 0.1) is 11.2 Å². The highest BCUT2D eigenvalue weighted by Crippen LogP contribution is 2.23. The SMILES string of the molecule is CCc1ccccc1-n1c(=O)[nH]c2ccc(F)c(F)c21. The number of aromatic amines is 1. The Morgan fingerprint density at radius 2 is 1.90 bits per heavy atom. The van der Waals surface area contributed by atoms with Crippen molar-refractivity contribution in [1.29, 1.82) is 0 Å². The number of aryl methyl sites for hydroxylation is 1. The van der Waals surface area contributed by atoms with Gasteiger partial charge in [-0.1, -0.05) is 25.1 Å². The highest BCUT2D eigenvalue weighted by atomic mass is 19.2. The minimum atomic E-state index is -1.02. The van der Waals surface area contributed by atoms with Crippen molar-refractivity contribution in [2.24, 2.45) is 0 Å². The van der Waals surface area contributed by atoms with Crippen LogP contribution in [0.25, 0.3) is 16.7 Å². The lowest BCUT2D eigenvalue weighted by atomic mass is 10.1. The molecule has 2 aromatic carbocycles. The minimum Gasteiger partial charge on any atom is -0.305 e. The number of para-hydroxylation sites is 1. The predicted molar refractivity (Wildman–Crippen MR) is 73.2 cm³/mol. The molecule has 1 N–H and O–H groups in total. The first-order valence-electron chi connectivity index (χ1n) is 6.30. The maximum Gasteiger partial charge on any atom is 0.331 e. The maximum absolute atomic E-state index is 14.0. The lowest BCUT2D eigenvalue weighted by Gasteiger charge is -2.09. The molecule has 0 saturated heterocycles. The van der Waals surface area contributed by atoms with Gasteiger partial charge in [0.15, 0.2) is 11.6 Å². The van der Waals surface area contributed by atoms with Gasteiger partial charge in [-0.25, -0.2) is 13.6 Å². The molecule has 0 bridgehead atoms. The van der Waals surface area contributed by atoms with E-state index in [4.69, 9.17) is 0 Å². The van der Waals surface area contributed by atoms with Crippen LogP contribution >= 0.6 is 0 Å². The van der Waals surface area contributed by atoms with E-state index < -0.39 is 17.3 Å². The molecule has 0 radical (unpaired) electrons. The van der Waals surface area contributed by atoms with Crippen molar-refractivity contribution in [3.63, 3.8) is 0 Å². The van der Waals surface area contributed by atoms with E-state index in [1.165, 1.54) is 10.6 Å². The number of nitrogens with one attached hydrogen (secondary N) is 1. The molecule has 0 spiro atoms. The number of rotatable bonds is 2. The molecule has 102 valence electrons. The zero-order valence-electron chi connectivity index (χ0n) is 10.8. The quantitative estimate of drug-likeness (QED) is 0.765. The summed E-state index contributed by atoms with van der Waals surface area (Å²) < 4.78 is 28.7. The van der Waals surface area contributed by atoms with E-state index >= 15 is 0 Å². The van der Waals surface area contributed by atoms with Gasteiger partial charge in [0.25, 0.3) is 0 Å². The van der Waals surface area contributed by atoms with Gasteiger partial charge in [0.2, 0.25) is 0 Å². The van der Waals surface area contributed by atoms with Crippen molar-refractivity contribution in [2.75, 3.05) is 0 Å². The van der Waals surface area contributed by atoms with Crippen LogP contribution < -0.4 is 5.69 Å². The second-order valence-corrected chi connectivity index (χ2v) is 4.51. The Labute approximate surface area is 113 Å². The summed E-state index contributed by atoms with van der Waals surface area (Å²) in [6, 6.07) is 9.55. The molecule has 0 unspecified atom stereocenters. The average molecular weight is 274 g/mol. The number of hydrogen-bond acceptors (Lipinski definition) is 1.